The fourth-order valence-corrected chi connectivity index (χ4v) is 1.54. The Morgan fingerprint density at radius 2 is 2.21 bits per heavy atom. The van der Waals surface area contributed by atoms with Gasteiger partial charge < -0.3 is 5.43 Å². The highest BCUT2D eigenvalue weighted by Crippen LogP contribution is 2.21. The highest BCUT2D eigenvalue weighted by Gasteiger charge is 2.00. The highest BCUT2D eigenvalue weighted by molar-refractivity contribution is 5.91. The number of anilines is 1. The van der Waals surface area contributed by atoms with Crippen molar-refractivity contribution in [2.75, 3.05) is 5.43 Å². The molecular weight excluding hydrogens is 174 g/mol. The van der Waals surface area contributed by atoms with Crippen LogP contribution in [0.5, 0.6) is 0 Å². The van der Waals surface area contributed by atoms with Gasteiger partial charge in [0.05, 0.1) is 11.2 Å². The molecule has 3 nitrogen and oxygen atoms in total. The minimum atomic E-state index is 0.914. The first-order valence-corrected chi connectivity index (χ1v) is 4.69. The molecule has 0 spiro atoms. The van der Waals surface area contributed by atoms with E-state index in [-0.39, 0.29) is 0 Å². The SMILES string of the molecule is CCc1ccc2c(NN)ccnc2c1. The third-order valence-electron chi connectivity index (χ3n) is 2.37. The van der Waals surface area contributed by atoms with Gasteiger partial charge in [0.1, 0.15) is 0 Å². The molecule has 72 valence electrons. The third kappa shape index (κ3) is 1.42. The second-order valence-corrected chi connectivity index (χ2v) is 3.21. The lowest BCUT2D eigenvalue weighted by molar-refractivity contribution is 1.14. The molecule has 0 aliphatic rings. The smallest absolute Gasteiger partial charge is 0.0725 e. The monoisotopic (exact) mass is 187 g/mol. The van der Waals surface area contributed by atoms with Crippen LogP contribution in [0.3, 0.4) is 0 Å². The summed E-state index contributed by atoms with van der Waals surface area (Å²) < 4.78 is 0. The van der Waals surface area contributed by atoms with Crippen molar-refractivity contribution < 1.29 is 0 Å². The zero-order chi connectivity index (χ0) is 9.97. The molecule has 0 saturated carbocycles. The summed E-state index contributed by atoms with van der Waals surface area (Å²) in [5.74, 6) is 5.41. The third-order valence-corrected chi connectivity index (χ3v) is 2.37. The van der Waals surface area contributed by atoms with Crippen molar-refractivity contribution in [1.82, 2.24) is 4.98 Å². The molecule has 0 unspecified atom stereocenters. The van der Waals surface area contributed by atoms with E-state index >= 15 is 0 Å². The molecule has 0 aliphatic carbocycles. The fourth-order valence-electron chi connectivity index (χ4n) is 1.54. The molecule has 2 aromatic rings. The molecule has 2 rings (SSSR count). The van der Waals surface area contributed by atoms with E-state index in [9.17, 15) is 0 Å². The zero-order valence-corrected chi connectivity index (χ0v) is 8.12. The average Bonchev–Trinajstić information content (AvgIpc) is 2.27. The molecule has 1 aromatic heterocycles. The van der Waals surface area contributed by atoms with Crippen molar-refractivity contribution in [2.45, 2.75) is 13.3 Å². The molecule has 0 fully saturated rings. The van der Waals surface area contributed by atoms with E-state index in [2.05, 4.69) is 35.5 Å². The molecule has 1 heterocycles. The van der Waals surface area contributed by atoms with Crippen molar-refractivity contribution in [2.24, 2.45) is 5.84 Å². The van der Waals surface area contributed by atoms with E-state index < -0.39 is 0 Å². The van der Waals surface area contributed by atoms with Crippen molar-refractivity contribution in [3.63, 3.8) is 0 Å². The lowest BCUT2D eigenvalue weighted by atomic mass is 10.1. The number of nitrogen functional groups attached to an aromatic ring is 1. The van der Waals surface area contributed by atoms with E-state index in [4.69, 9.17) is 5.84 Å². The minimum Gasteiger partial charge on any atom is -0.323 e. The Hall–Kier alpha value is -1.61. The summed E-state index contributed by atoms with van der Waals surface area (Å²) in [6, 6.07) is 8.12. The van der Waals surface area contributed by atoms with Crippen LogP contribution in [0.15, 0.2) is 30.5 Å². The van der Waals surface area contributed by atoms with Gasteiger partial charge in [0.2, 0.25) is 0 Å². The number of aromatic nitrogens is 1. The minimum absolute atomic E-state index is 0.914. The number of hydrogen-bond donors (Lipinski definition) is 2. The highest BCUT2D eigenvalue weighted by atomic mass is 15.2. The summed E-state index contributed by atoms with van der Waals surface area (Å²) in [5.41, 5.74) is 5.86. The van der Waals surface area contributed by atoms with E-state index in [1.54, 1.807) is 6.20 Å². The Morgan fingerprint density at radius 1 is 1.36 bits per heavy atom. The number of rotatable bonds is 2. The van der Waals surface area contributed by atoms with Crippen molar-refractivity contribution in [3.8, 4) is 0 Å². The Kier molecular flexibility index (Phi) is 2.33. The predicted octanol–water partition coefficient (Wildman–Crippen LogP) is 2.08. The molecule has 1 aromatic carbocycles. The van der Waals surface area contributed by atoms with Gasteiger partial charge in [0.25, 0.3) is 0 Å². The molecule has 0 saturated heterocycles. The average molecular weight is 187 g/mol. The van der Waals surface area contributed by atoms with Gasteiger partial charge in [0.15, 0.2) is 0 Å². The van der Waals surface area contributed by atoms with E-state index in [0.717, 1.165) is 23.0 Å². The van der Waals surface area contributed by atoms with Gasteiger partial charge in [-0.1, -0.05) is 19.1 Å². The number of hydrogen-bond acceptors (Lipinski definition) is 3. The number of pyridine rings is 1. The standard InChI is InChI=1S/C11H13N3/c1-2-8-3-4-9-10(14-12)5-6-13-11(9)7-8/h3-7H,2,12H2,1H3,(H,13,14). The van der Waals surface area contributed by atoms with Gasteiger partial charge in [-0.05, 0) is 24.1 Å². The summed E-state index contributed by atoms with van der Waals surface area (Å²) in [5, 5.41) is 1.06. The molecular formula is C11H13N3. The predicted molar refractivity (Wildman–Crippen MR) is 58.9 cm³/mol. The van der Waals surface area contributed by atoms with E-state index in [1.165, 1.54) is 5.56 Å². The maximum absolute atomic E-state index is 5.41. The summed E-state index contributed by atoms with van der Waals surface area (Å²) in [7, 11) is 0. The van der Waals surface area contributed by atoms with Gasteiger partial charge in [-0.3, -0.25) is 10.8 Å². The van der Waals surface area contributed by atoms with Crippen LogP contribution >= 0.6 is 0 Å². The fraction of sp³-hybridized carbons (Fsp3) is 0.182. The van der Waals surface area contributed by atoms with Crippen LogP contribution in [-0.2, 0) is 6.42 Å². The number of aryl methyl sites for hydroxylation is 1. The second kappa shape index (κ2) is 3.64. The van der Waals surface area contributed by atoms with E-state index in [0.29, 0.717) is 0 Å². The Balaban J connectivity index is 2.67. The Labute approximate surface area is 82.9 Å². The number of nitrogens with two attached hydrogens (primary N) is 1. The van der Waals surface area contributed by atoms with Crippen molar-refractivity contribution >= 4 is 16.6 Å². The molecule has 14 heavy (non-hydrogen) atoms. The first-order valence-electron chi connectivity index (χ1n) is 4.69. The lowest BCUT2D eigenvalue weighted by Gasteiger charge is -2.05. The van der Waals surface area contributed by atoms with Gasteiger partial charge in [-0.25, -0.2) is 0 Å². The van der Waals surface area contributed by atoms with Gasteiger partial charge in [-0.15, -0.1) is 0 Å². The maximum Gasteiger partial charge on any atom is 0.0725 e. The summed E-state index contributed by atoms with van der Waals surface area (Å²) >= 11 is 0. The van der Waals surface area contributed by atoms with Gasteiger partial charge in [0, 0.05) is 11.6 Å². The van der Waals surface area contributed by atoms with Gasteiger partial charge in [-0.2, -0.15) is 0 Å². The Bertz CT molecular complexity index is 451. The summed E-state index contributed by atoms with van der Waals surface area (Å²) in [6.07, 6.45) is 2.79. The molecule has 0 atom stereocenters. The van der Waals surface area contributed by atoms with Crippen molar-refractivity contribution in [3.05, 3.63) is 36.0 Å². The lowest BCUT2D eigenvalue weighted by Crippen LogP contribution is -2.07. The normalized spacial score (nSPS) is 10.4. The Morgan fingerprint density at radius 3 is 2.93 bits per heavy atom. The van der Waals surface area contributed by atoms with Crippen LogP contribution in [0.1, 0.15) is 12.5 Å². The van der Waals surface area contributed by atoms with E-state index in [1.807, 2.05) is 6.07 Å². The molecule has 3 N–H and O–H groups in total. The van der Waals surface area contributed by atoms with Crippen LogP contribution in [0.2, 0.25) is 0 Å². The number of hydrazine groups is 1. The number of nitrogens with zero attached hydrogens (tertiary/aromatic N) is 1. The summed E-state index contributed by atoms with van der Waals surface area (Å²) in [6.45, 7) is 2.13. The molecule has 0 bridgehead atoms. The van der Waals surface area contributed by atoms with Crippen LogP contribution in [0.4, 0.5) is 5.69 Å². The van der Waals surface area contributed by atoms with Crippen LogP contribution in [0, 0.1) is 0 Å². The number of fused-ring (bicyclic) bond motifs is 1. The molecule has 0 amide bonds. The molecule has 0 radical (unpaired) electrons. The quantitative estimate of drug-likeness (QED) is 0.559. The van der Waals surface area contributed by atoms with Crippen molar-refractivity contribution in [1.29, 1.82) is 0 Å². The summed E-state index contributed by atoms with van der Waals surface area (Å²) in [4.78, 5) is 4.30. The number of benzene rings is 1. The van der Waals surface area contributed by atoms with Gasteiger partial charge >= 0.3 is 0 Å². The number of nitrogens with one attached hydrogen (secondary N) is 1. The first kappa shape index (κ1) is 8.97. The van der Waals surface area contributed by atoms with Crippen LogP contribution in [-0.4, -0.2) is 4.98 Å². The molecule has 3 heteroatoms. The van der Waals surface area contributed by atoms with Crippen LogP contribution in [0.25, 0.3) is 10.9 Å². The topological polar surface area (TPSA) is 50.9 Å². The van der Waals surface area contributed by atoms with Crippen LogP contribution < -0.4 is 11.3 Å². The maximum atomic E-state index is 5.41. The second-order valence-electron chi connectivity index (χ2n) is 3.21. The zero-order valence-electron chi connectivity index (χ0n) is 8.12. The largest absolute Gasteiger partial charge is 0.323 e. The molecule has 0 aliphatic heterocycles. The first-order chi connectivity index (χ1) is 6.85.